The van der Waals surface area contributed by atoms with E-state index < -0.39 is 11.8 Å². The third-order valence-corrected chi connectivity index (χ3v) is 5.93. The number of hydrogen-bond donors (Lipinski definition) is 1. The number of fused-ring (bicyclic) bond motifs is 1. The Kier molecular flexibility index (Phi) is 6.11. The van der Waals surface area contributed by atoms with E-state index in [1.165, 1.54) is 4.90 Å². The molecule has 1 saturated heterocycles. The van der Waals surface area contributed by atoms with E-state index in [4.69, 9.17) is 17.0 Å². The Morgan fingerprint density at radius 2 is 1.88 bits per heavy atom. The minimum atomic E-state index is -0.561. The van der Waals surface area contributed by atoms with E-state index in [0.717, 1.165) is 22.0 Å². The molecule has 0 atom stereocenters. The molecule has 2 heterocycles. The molecule has 8 heteroatoms. The van der Waals surface area contributed by atoms with Crippen LogP contribution >= 0.6 is 12.2 Å². The van der Waals surface area contributed by atoms with Crippen LogP contribution in [0.5, 0.6) is 0 Å². The number of para-hydroxylation sites is 1. The van der Waals surface area contributed by atoms with Crippen molar-refractivity contribution < 1.29 is 19.1 Å². The standard InChI is InChI=1S/C25H23N3O4S/c1-4-32-22(29)14-27-13-17(18-9-5-6-10-21(18)27)12-19-23(30)26-25(33)28(24(19)31)20-11-7-8-15(2)16(20)3/h5-13H,4,14H2,1-3H3,(H,26,30,33)/b19-12+. The minimum absolute atomic E-state index is 0.0242. The summed E-state index contributed by atoms with van der Waals surface area (Å²) in [6, 6.07) is 13.1. The number of benzene rings is 2. The molecular formula is C25H23N3O4S. The SMILES string of the molecule is CCOC(=O)Cn1cc(/C=C2\C(=O)NC(=S)N(c3cccc(C)c3C)C2=O)c2ccccc21. The van der Waals surface area contributed by atoms with Gasteiger partial charge < -0.3 is 9.30 Å². The van der Waals surface area contributed by atoms with E-state index >= 15 is 0 Å². The van der Waals surface area contributed by atoms with Crippen molar-refractivity contribution in [3.05, 3.63) is 70.9 Å². The van der Waals surface area contributed by atoms with Crippen LogP contribution in [0.4, 0.5) is 5.69 Å². The second kappa shape index (κ2) is 8.99. The zero-order chi connectivity index (χ0) is 23.7. The number of rotatable bonds is 5. The van der Waals surface area contributed by atoms with Gasteiger partial charge >= 0.3 is 5.97 Å². The van der Waals surface area contributed by atoms with Crippen LogP contribution in [0.3, 0.4) is 0 Å². The second-order valence-electron chi connectivity index (χ2n) is 7.71. The molecule has 0 bridgehead atoms. The molecule has 0 aliphatic carbocycles. The van der Waals surface area contributed by atoms with Gasteiger partial charge in [0, 0.05) is 22.7 Å². The van der Waals surface area contributed by atoms with Gasteiger partial charge in [-0.2, -0.15) is 0 Å². The third kappa shape index (κ3) is 4.17. The van der Waals surface area contributed by atoms with Gasteiger partial charge in [0.2, 0.25) is 0 Å². The number of thiocarbonyl (C=S) groups is 1. The summed E-state index contributed by atoms with van der Waals surface area (Å²) in [6.45, 7) is 5.92. The van der Waals surface area contributed by atoms with E-state index in [9.17, 15) is 14.4 Å². The highest BCUT2D eigenvalue weighted by atomic mass is 32.1. The fourth-order valence-corrected chi connectivity index (χ4v) is 4.15. The first-order valence-electron chi connectivity index (χ1n) is 10.5. The van der Waals surface area contributed by atoms with Crippen LogP contribution < -0.4 is 10.2 Å². The first-order valence-corrected chi connectivity index (χ1v) is 10.9. The molecule has 1 fully saturated rings. The quantitative estimate of drug-likeness (QED) is 0.272. The number of aryl methyl sites for hydroxylation is 1. The van der Waals surface area contributed by atoms with E-state index in [1.807, 2.05) is 50.2 Å². The molecule has 1 aromatic heterocycles. The Morgan fingerprint density at radius 3 is 2.64 bits per heavy atom. The van der Waals surface area contributed by atoms with Gasteiger partial charge in [0.05, 0.1) is 12.3 Å². The van der Waals surface area contributed by atoms with Gasteiger partial charge in [-0.15, -0.1) is 0 Å². The summed E-state index contributed by atoms with van der Waals surface area (Å²) in [5, 5.41) is 3.48. The van der Waals surface area contributed by atoms with Crippen LogP contribution in [0, 0.1) is 13.8 Å². The van der Waals surface area contributed by atoms with Gasteiger partial charge in [-0.25, -0.2) is 0 Å². The molecule has 7 nitrogen and oxygen atoms in total. The van der Waals surface area contributed by atoms with Crippen molar-refractivity contribution in [3.8, 4) is 0 Å². The summed E-state index contributed by atoms with van der Waals surface area (Å²) < 4.78 is 6.82. The number of hydrogen-bond acceptors (Lipinski definition) is 5. The number of aromatic nitrogens is 1. The molecule has 0 saturated carbocycles. The molecule has 1 aliphatic heterocycles. The van der Waals surface area contributed by atoms with Gasteiger partial charge in [-0.1, -0.05) is 30.3 Å². The Morgan fingerprint density at radius 1 is 1.12 bits per heavy atom. The van der Waals surface area contributed by atoms with Gasteiger partial charge in [-0.3, -0.25) is 24.6 Å². The number of anilines is 1. The lowest BCUT2D eigenvalue weighted by molar-refractivity contribution is -0.143. The third-order valence-electron chi connectivity index (χ3n) is 5.64. The number of carbonyl (C=O) groups excluding carboxylic acids is 3. The van der Waals surface area contributed by atoms with Crippen molar-refractivity contribution in [2.24, 2.45) is 0 Å². The lowest BCUT2D eigenvalue weighted by atomic mass is 10.0. The van der Waals surface area contributed by atoms with Crippen LogP contribution in [0.15, 0.2) is 54.2 Å². The van der Waals surface area contributed by atoms with Crippen LogP contribution in [0.1, 0.15) is 23.6 Å². The zero-order valence-electron chi connectivity index (χ0n) is 18.5. The van der Waals surface area contributed by atoms with Gasteiger partial charge in [-0.05, 0) is 62.3 Å². The van der Waals surface area contributed by atoms with Crippen LogP contribution in [0.25, 0.3) is 17.0 Å². The predicted molar refractivity (Wildman–Crippen MR) is 131 cm³/mol. The fourth-order valence-electron chi connectivity index (χ4n) is 3.88. The molecule has 33 heavy (non-hydrogen) atoms. The van der Waals surface area contributed by atoms with E-state index in [0.29, 0.717) is 11.3 Å². The Labute approximate surface area is 196 Å². The first-order chi connectivity index (χ1) is 15.8. The van der Waals surface area contributed by atoms with E-state index in [-0.39, 0.29) is 29.8 Å². The maximum Gasteiger partial charge on any atom is 0.325 e. The smallest absolute Gasteiger partial charge is 0.325 e. The highest BCUT2D eigenvalue weighted by Gasteiger charge is 2.35. The van der Waals surface area contributed by atoms with Crippen molar-refractivity contribution in [1.82, 2.24) is 9.88 Å². The number of ether oxygens (including phenoxy) is 1. The van der Waals surface area contributed by atoms with E-state index in [1.54, 1.807) is 29.8 Å². The van der Waals surface area contributed by atoms with Crippen molar-refractivity contribution in [2.45, 2.75) is 27.3 Å². The highest BCUT2D eigenvalue weighted by Crippen LogP contribution is 2.29. The maximum absolute atomic E-state index is 13.4. The van der Waals surface area contributed by atoms with Gasteiger partial charge in [0.1, 0.15) is 12.1 Å². The number of carbonyl (C=O) groups is 3. The normalized spacial score (nSPS) is 15.3. The van der Waals surface area contributed by atoms with Crippen molar-refractivity contribution in [3.63, 3.8) is 0 Å². The predicted octanol–water partition coefficient (Wildman–Crippen LogP) is 3.65. The molecule has 0 unspecified atom stereocenters. The van der Waals surface area contributed by atoms with Crippen molar-refractivity contribution in [1.29, 1.82) is 0 Å². The molecule has 0 spiro atoms. The Bertz CT molecular complexity index is 1340. The Hall–Kier alpha value is -3.78. The summed E-state index contributed by atoms with van der Waals surface area (Å²) in [7, 11) is 0. The van der Waals surface area contributed by atoms with Crippen LogP contribution in [-0.2, 0) is 25.7 Å². The lowest BCUT2D eigenvalue weighted by Crippen LogP contribution is -2.54. The minimum Gasteiger partial charge on any atom is -0.465 e. The summed E-state index contributed by atoms with van der Waals surface area (Å²) >= 11 is 5.33. The summed E-state index contributed by atoms with van der Waals surface area (Å²) in [6.07, 6.45) is 3.28. The molecular weight excluding hydrogens is 438 g/mol. The van der Waals surface area contributed by atoms with Crippen molar-refractivity contribution in [2.75, 3.05) is 11.5 Å². The summed E-state index contributed by atoms with van der Waals surface area (Å²) in [5.41, 5.74) is 3.93. The number of nitrogens with one attached hydrogen (secondary N) is 1. The largest absolute Gasteiger partial charge is 0.465 e. The molecule has 1 N–H and O–H groups in total. The number of nitrogens with zero attached hydrogens (tertiary/aromatic N) is 2. The molecule has 1 aliphatic rings. The summed E-state index contributed by atoms with van der Waals surface area (Å²) in [5.74, 6) is -1.43. The number of amides is 2. The molecule has 4 rings (SSSR count). The average Bonchev–Trinajstić information content (AvgIpc) is 3.11. The second-order valence-corrected chi connectivity index (χ2v) is 8.10. The summed E-state index contributed by atoms with van der Waals surface area (Å²) in [4.78, 5) is 39.6. The molecule has 0 radical (unpaired) electrons. The van der Waals surface area contributed by atoms with Crippen molar-refractivity contribution >= 4 is 57.8 Å². The molecule has 2 aromatic carbocycles. The Balaban J connectivity index is 1.79. The molecule has 2 amide bonds. The zero-order valence-corrected chi connectivity index (χ0v) is 19.4. The first kappa shape index (κ1) is 22.4. The topological polar surface area (TPSA) is 80.6 Å². The monoisotopic (exact) mass is 461 g/mol. The van der Waals surface area contributed by atoms with Crippen LogP contribution in [-0.4, -0.2) is 34.1 Å². The van der Waals surface area contributed by atoms with Crippen LogP contribution in [0.2, 0.25) is 0 Å². The molecule has 3 aromatic rings. The fraction of sp³-hybridized carbons (Fsp3) is 0.200. The molecule has 168 valence electrons. The van der Waals surface area contributed by atoms with Gasteiger partial charge in [0.15, 0.2) is 5.11 Å². The van der Waals surface area contributed by atoms with Gasteiger partial charge in [0.25, 0.3) is 11.8 Å². The maximum atomic E-state index is 13.4. The van der Waals surface area contributed by atoms with E-state index in [2.05, 4.69) is 5.32 Å². The highest BCUT2D eigenvalue weighted by molar-refractivity contribution is 7.80. The number of esters is 1. The lowest BCUT2D eigenvalue weighted by Gasteiger charge is -2.30. The average molecular weight is 462 g/mol.